The van der Waals surface area contributed by atoms with Crippen LogP contribution in [-0.4, -0.2) is 48.8 Å². The average molecular weight is 560 g/mol. The summed E-state index contributed by atoms with van der Waals surface area (Å²) in [7, 11) is 4.75. The molecular weight excluding hydrogens is 524 g/mol. The minimum atomic E-state index is -0.00757. The van der Waals surface area contributed by atoms with E-state index in [-0.39, 0.29) is 11.9 Å². The van der Waals surface area contributed by atoms with Crippen LogP contribution in [0.5, 0.6) is 11.5 Å². The van der Waals surface area contributed by atoms with E-state index in [9.17, 15) is 4.79 Å². The Morgan fingerprint density at radius 1 is 1.08 bits per heavy atom. The molecule has 9 heteroatoms. The summed E-state index contributed by atoms with van der Waals surface area (Å²) in [6, 6.07) is 12.1. The fourth-order valence-corrected chi connectivity index (χ4v) is 4.29. The highest BCUT2D eigenvalue weighted by atomic mass is 79.9. The van der Waals surface area contributed by atoms with E-state index in [1.54, 1.807) is 14.2 Å². The Balaban J connectivity index is 1.64. The summed E-state index contributed by atoms with van der Waals surface area (Å²) >= 11 is 3.54. The van der Waals surface area contributed by atoms with E-state index >= 15 is 0 Å². The molecule has 0 bridgehead atoms. The quantitative estimate of drug-likeness (QED) is 0.196. The number of rotatable bonds is 13. The van der Waals surface area contributed by atoms with Crippen LogP contribution in [0.15, 0.2) is 40.9 Å². The van der Waals surface area contributed by atoms with Crippen molar-refractivity contribution in [2.45, 2.75) is 52.0 Å². The molecule has 3 aromatic rings. The molecule has 8 nitrogen and oxygen atoms in total. The van der Waals surface area contributed by atoms with Gasteiger partial charge >= 0.3 is 0 Å². The molecule has 1 atom stereocenters. The molecule has 0 radical (unpaired) electrons. The van der Waals surface area contributed by atoms with Crippen molar-refractivity contribution >= 4 is 38.6 Å². The van der Waals surface area contributed by atoms with Gasteiger partial charge < -0.3 is 14.8 Å². The van der Waals surface area contributed by atoms with E-state index in [1.807, 2.05) is 31.2 Å². The zero-order valence-electron chi connectivity index (χ0n) is 21.6. The molecule has 1 aromatic heterocycles. The molecule has 0 aliphatic heterocycles. The van der Waals surface area contributed by atoms with E-state index in [2.05, 4.69) is 50.3 Å². The monoisotopic (exact) mass is 558 g/mol. The van der Waals surface area contributed by atoms with Crippen LogP contribution >= 0.6 is 15.9 Å². The Labute approximate surface area is 221 Å². The SMILES string of the molecule is COc1cc2c(N[C@H](C)c3cccc(Br)c3)nc(C)nc2cc1OCCCCCCC(=O)N(C)OC. The van der Waals surface area contributed by atoms with Crippen molar-refractivity contribution in [3.8, 4) is 11.5 Å². The van der Waals surface area contributed by atoms with Crippen LogP contribution in [0.1, 0.15) is 56.5 Å². The number of hydroxylamine groups is 2. The number of benzene rings is 2. The highest BCUT2D eigenvalue weighted by molar-refractivity contribution is 9.10. The Hall–Kier alpha value is -2.91. The number of nitrogens with one attached hydrogen (secondary N) is 1. The standard InChI is InChI=1S/C27H35BrN4O4/c1-18(20-11-10-12-21(28)15-20)29-27-22-16-24(34-4)25(17-23(22)30-19(2)31-27)36-14-9-7-6-8-13-26(33)32(3)35-5/h10-12,15-18H,6-9,13-14H2,1-5H3,(H,29,30,31)/t18-/m1/s1. The third-order valence-corrected chi connectivity index (χ3v) is 6.46. The number of aromatic nitrogens is 2. The number of fused-ring (bicyclic) bond motifs is 1. The van der Waals surface area contributed by atoms with E-state index in [1.165, 1.54) is 12.2 Å². The number of amides is 1. The number of unbranched alkanes of at least 4 members (excludes halogenated alkanes) is 3. The Morgan fingerprint density at radius 2 is 1.86 bits per heavy atom. The van der Waals surface area contributed by atoms with Crippen molar-refractivity contribution in [1.82, 2.24) is 15.0 Å². The molecule has 36 heavy (non-hydrogen) atoms. The van der Waals surface area contributed by atoms with Gasteiger partial charge in [-0.25, -0.2) is 15.0 Å². The minimum Gasteiger partial charge on any atom is -0.493 e. The van der Waals surface area contributed by atoms with Crippen LogP contribution < -0.4 is 14.8 Å². The van der Waals surface area contributed by atoms with Gasteiger partial charge in [-0.05, 0) is 50.5 Å². The average Bonchev–Trinajstić information content (AvgIpc) is 2.86. The maximum atomic E-state index is 11.8. The van der Waals surface area contributed by atoms with Crippen molar-refractivity contribution in [2.75, 3.05) is 33.2 Å². The lowest BCUT2D eigenvalue weighted by Gasteiger charge is -2.18. The molecule has 1 N–H and O–H groups in total. The predicted molar refractivity (Wildman–Crippen MR) is 145 cm³/mol. The highest BCUT2D eigenvalue weighted by Gasteiger charge is 2.15. The maximum absolute atomic E-state index is 11.8. The third-order valence-electron chi connectivity index (χ3n) is 5.96. The van der Waals surface area contributed by atoms with E-state index in [0.717, 1.165) is 52.4 Å². The van der Waals surface area contributed by atoms with Crippen molar-refractivity contribution in [3.63, 3.8) is 0 Å². The fourth-order valence-electron chi connectivity index (χ4n) is 3.87. The van der Waals surface area contributed by atoms with Crippen LogP contribution in [0.25, 0.3) is 10.9 Å². The molecule has 1 amide bonds. The van der Waals surface area contributed by atoms with Gasteiger partial charge in [-0.2, -0.15) is 0 Å². The number of nitrogens with zero attached hydrogens (tertiary/aromatic N) is 3. The first kappa shape index (κ1) is 27.7. The number of methoxy groups -OCH3 is 1. The molecule has 2 aromatic carbocycles. The van der Waals surface area contributed by atoms with E-state index in [4.69, 9.17) is 14.3 Å². The first-order chi connectivity index (χ1) is 17.3. The van der Waals surface area contributed by atoms with Crippen molar-refractivity contribution in [2.24, 2.45) is 0 Å². The van der Waals surface area contributed by atoms with Crippen LogP contribution in [0, 0.1) is 6.92 Å². The number of anilines is 1. The fraction of sp³-hybridized carbons (Fsp3) is 0.444. The van der Waals surface area contributed by atoms with Gasteiger partial charge in [0, 0.05) is 29.4 Å². The zero-order valence-corrected chi connectivity index (χ0v) is 23.2. The molecule has 194 valence electrons. The van der Waals surface area contributed by atoms with Gasteiger partial charge in [-0.3, -0.25) is 9.63 Å². The molecule has 3 rings (SSSR count). The predicted octanol–water partition coefficient (Wildman–Crippen LogP) is 6.23. The summed E-state index contributed by atoms with van der Waals surface area (Å²) in [6.07, 6.45) is 4.13. The molecule has 0 aliphatic carbocycles. The first-order valence-electron chi connectivity index (χ1n) is 12.1. The smallest absolute Gasteiger partial charge is 0.245 e. The second-order valence-corrected chi connectivity index (χ2v) is 9.56. The summed E-state index contributed by atoms with van der Waals surface area (Å²) in [5, 5.41) is 5.67. The number of carbonyl (C=O) groups excluding carboxylic acids is 1. The van der Waals surface area contributed by atoms with Gasteiger partial charge in [0.05, 0.1) is 32.4 Å². The molecule has 0 saturated carbocycles. The topological polar surface area (TPSA) is 85.8 Å². The second kappa shape index (κ2) is 13.4. The summed E-state index contributed by atoms with van der Waals surface area (Å²) in [5.74, 6) is 2.72. The number of carbonyl (C=O) groups is 1. The van der Waals surface area contributed by atoms with Crippen molar-refractivity contribution < 1.29 is 19.1 Å². The normalized spacial score (nSPS) is 11.8. The summed E-state index contributed by atoms with van der Waals surface area (Å²) in [4.78, 5) is 26.0. The maximum Gasteiger partial charge on any atom is 0.245 e. The van der Waals surface area contributed by atoms with Gasteiger partial charge in [-0.1, -0.05) is 40.9 Å². The van der Waals surface area contributed by atoms with Crippen molar-refractivity contribution in [1.29, 1.82) is 0 Å². The second-order valence-electron chi connectivity index (χ2n) is 8.65. The number of hydrogen-bond donors (Lipinski definition) is 1. The lowest BCUT2D eigenvalue weighted by atomic mass is 10.1. The Kier molecular flexibility index (Phi) is 10.3. The lowest BCUT2D eigenvalue weighted by molar-refractivity contribution is -0.168. The number of halogens is 1. The number of ether oxygens (including phenoxy) is 2. The van der Waals surface area contributed by atoms with Gasteiger partial charge in [0.1, 0.15) is 11.6 Å². The highest BCUT2D eigenvalue weighted by Crippen LogP contribution is 2.35. The van der Waals surface area contributed by atoms with Gasteiger partial charge in [0.15, 0.2) is 11.5 Å². The molecule has 1 heterocycles. The molecule has 0 fully saturated rings. The van der Waals surface area contributed by atoms with E-state index in [0.29, 0.717) is 30.4 Å². The third kappa shape index (κ3) is 7.54. The zero-order chi connectivity index (χ0) is 26.1. The summed E-state index contributed by atoms with van der Waals surface area (Å²) < 4.78 is 12.7. The minimum absolute atomic E-state index is 0.00757. The molecule has 0 saturated heterocycles. The van der Waals surface area contributed by atoms with Gasteiger partial charge in [0.25, 0.3) is 0 Å². The van der Waals surface area contributed by atoms with Crippen molar-refractivity contribution in [3.05, 3.63) is 52.3 Å². The molecular formula is C27H35BrN4O4. The van der Waals surface area contributed by atoms with Gasteiger partial charge in [-0.15, -0.1) is 0 Å². The number of hydrogen-bond acceptors (Lipinski definition) is 7. The Morgan fingerprint density at radius 3 is 2.58 bits per heavy atom. The summed E-state index contributed by atoms with van der Waals surface area (Å²) in [5.41, 5.74) is 1.94. The van der Waals surface area contributed by atoms with Crippen LogP contribution in [0.2, 0.25) is 0 Å². The number of aryl methyl sites for hydroxylation is 1. The largest absolute Gasteiger partial charge is 0.493 e. The van der Waals surface area contributed by atoms with Crippen LogP contribution in [0.4, 0.5) is 5.82 Å². The summed E-state index contributed by atoms with van der Waals surface area (Å²) in [6.45, 7) is 4.54. The van der Waals surface area contributed by atoms with E-state index < -0.39 is 0 Å². The molecule has 0 spiro atoms. The van der Waals surface area contributed by atoms with Crippen LogP contribution in [-0.2, 0) is 9.63 Å². The van der Waals surface area contributed by atoms with Crippen LogP contribution in [0.3, 0.4) is 0 Å². The molecule has 0 unspecified atom stereocenters. The lowest BCUT2D eigenvalue weighted by Crippen LogP contribution is -2.24. The molecule has 0 aliphatic rings. The Bertz CT molecular complexity index is 1170. The first-order valence-corrected chi connectivity index (χ1v) is 12.9. The van der Waals surface area contributed by atoms with Gasteiger partial charge in [0.2, 0.25) is 5.91 Å².